The first-order chi connectivity index (χ1) is 6.07. The van der Waals surface area contributed by atoms with Crippen molar-refractivity contribution in [2.75, 3.05) is 11.6 Å². The van der Waals surface area contributed by atoms with Crippen molar-refractivity contribution in [2.45, 2.75) is 6.92 Å². The van der Waals surface area contributed by atoms with Crippen LogP contribution >= 0.6 is 11.6 Å². The zero-order chi connectivity index (χ0) is 10.0. The van der Waals surface area contributed by atoms with E-state index in [0.717, 1.165) is 0 Å². The summed E-state index contributed by atoms with van der Waals surface area (Å²) in [5.74, 6) is -1.35. The van der Waals surface area contributed by atoms with Gasteiger partial charge in [-0.2, -0.15) is 0 Å². The van der Waals surface area contributed by atoms with Gasteiger partial charge in [-0.15, -0.1) is 11.6 Å². The highest BCUT2D eigenvalue weighted by Crippen LogP contribution is 2.19. The topological polar surface area (TPSA) is 43.1 Å². The first-order valence-electron chi connectivity index (χ1n) is 3.71. The Morgan fingerprint density at radius 1 is 1.62 bits per heavy atom. The number of halogens is 2. The van der Waals surface area contributed by atoms with Gasteiger partial charge in [-0.3, -0.25) is 4.79 Å². The molecule has 13 heavy (non-hydrogen) atoms. The maximum Gasteiger partial charge on any atom is 0.180 e. The summed E-state index contributed by atoms with van der Waals surface area (Å²) in [6, 6.07) is 3.02. The van der Waals surface area contributed by atoms with Crippen molar-refractivity contribution in [3.63, 3.8) is 0 Å². The molecule has 0 heterocycles. The molecule has 4 heteroatoms. The van der Waals surface area contributed by atoms with E-state index in [0.29, 0.717) is 5.56 Å². The lowest BCUT2D eigenvalue weighted by Gasteiger charge is -2.05. The van der Waals surface area contributed by atoms with Gasteiger partial charge in [0.25, 0.3) is 0 Å². The van der Waals surface area contributed by atoms with Gasteiger partial charge in [-0.05, 0) is 18.6 Å². The van der Waals surface area contributed by atoms with Crippen LogP contribution in [-0.2, 0) is 0 Å². The number of nitrogens with two attached hydrogens (primary N) is 1. The molecular weight excluding hydrogens is 193 g/mol. The van der Waals surface area contributed by atoms with E-state index in [1.54, 1.807) is 13.0 Å². The number of Topliss-reactive ketones (excluding diaryl/α,β-unsaturated/α-hetero) is 1. The fourth-order valence-electron chi connectivity index (χ4n) is 1.10. The molecule has 0 aliphatic rings. The Labute approximate surface area is 80.5 Å². The zero-order valence-electron chi connectivity index (χ0n) is 7.10. The Bertz CT molecular complexity index is 352. The number of hydrogen-bond acceptors (Lipinski definition) is 2. The third-order valence-corrected chi connectivity index (χ3v) is 2.02. The minimum Gasteiger partial charge on any atom is -0.396 e. The lowest BCUT2D eigenvalue weighted by atomic mass is 10.0. The van der Waals surface area contributed by atoms with Gasteiger partial charge in [0.15, 0.2) is 11.6 Å². The minimum absolute atomic E-state index is 0.00463. The predicted octanol–water partition coefficient (Wildman–Crippen LogP) is 2.14. The van der Waals surface area contributed by atoms with Crippen LogP contribution in [0.25, 0.3) is 0 Å². The highest BCUT2D eigenvalue weighted by atomic mass is 35.5. The first-order valence-corrected chi connectivity index (χ1v) is 4.25. The number of ketones is 1. The van der Waals surface area contributed by atoms with Gasteiger partial charge < -0.3 is 5.73 Å². The van der Waals surface area contributed by atoms with Crippen LogP contribution in [0, 0.1) is 12.7 Å². The average molecular weight is 202 g/mol. The molecule has 0 amide bonds. The minimum atomic E-state index is -0.675. The van der Waals surface area contributed by atoms with E-state index in [1.165, 1.54) is 6.07 Å². The number of anilines is 1. The molecule has 0 unspecified atom stereocenters. The predicted molar refractivity (Wildman–Crippen MR) is 50.6 cm³/mol. The molecule has 0 atom stereocenters. The number of carbonyl (C=O) groups is 1. The van der Waals surface area contributed by atoms with Crippen LogP contribution in [0.4, 0.5) is 10.1 Å². The van der Waals surface area contributed by atoms with Gasteiger partial charge in [0.05, 0.1) is 17.1 Å². The number of aryl methyl sites for hydroxylation is 1. The second-order valence-electron chi connectivity index (χ2n) is 2.72. The van der Waals surface area contributed by atoms with Crippen LogP contribution in [-0.4, -0.2) is 11.7 Å². The molecule has 1 aromatic carbocycles. The monoisotopic (exact) mass is 201 g/mol. The van der Waals surface area contributed by atoms with Gasteiger partial charge in [0.2, 0.25) is 0 Å². The van der Waals surface area contributed by atoms with Gasteiger partial charge >= 0.3 is 0 Å². The number of benzene rings is 1. The van der Waals surface area contributed by atoms with E-state index < -0.39 is 11.6 Å². The summed E-state index contributed by atoms with van der Waals surface area (Å²) in [5.41, 5.74) is 5.83. The van der Waals surface area contributed by atoms with Gasteiger partial charge in [0, 0.05) is 0 Å². The quantitative estimate of drug-likeness (QED) is 0.453. The molecule has 2 N–H and O–H groups in total. The van der Waals surface area contributed by atoms with Crippen molar-refractivity contribution in [1.82, 2.24) is 0 Å². The summed E-state index contributed by atoms with van der Waals surface area (Å²) < 4.78 is 13.3. The van der Waals surface area contributed by atoms with Crippen LogP contribution in [0.1, 0.15) is 15.9 Å². The highest BCUT2D eigenvalue weighted by Gasteiger charge is 2.15. The Balaban J connectivity index is 3.33. The third kappa shape index (κ3) is 1.80. The van der Waals surface area contributed by atoms with Crippen molar-refractivity contribution in [3.8, 4) is 0 Å². The molecule has 70 valence electrons. The van der Waals surface area contributed by atoms with Gasteiger partial charge in [0.1, 0.15) is 0 Å². The number of hydrogen-bond donors (Lipinski definition) is 1. The van der Waals surface area contributed by atoms with Crippen molar-refractivity contribution in [3.05, 3.63) is 29.1 Å². The second-order valence-corrected chi connectivity index (χ2v) is 2.98. The van der Waals surface area contributed by atoms with Crippen LogP contribution in [0.15, 0.2) is 12.1 Å². The number of rotatable bonds is 2. The molecule has 1 aromatic rings. The Morgan fingerprint density at radius 3 is 2.77 bits per heavy atom. The number of carbonyl (C=O) groups excluding carboxylic acids is 1. The fourth-order valence-corrected chi connectivity index (χ4v) is 1.23. The highest BCUT2D eigenvalue weighted by molar-refractivity contribution is 6.30. The number of alkyl halides is 1. The second kappa shape index (κ2) is 3.75. The summed E-state index contributed by atoms with van der Waals surface area (Å²) in [5, 5.41) is 0. The van der Waals surface area contributed by atoms with E-state index in [9.17, 15) is 9.18 Å². The molecule has 0 aliphatic heterocycles. The molecule has 0 saturated heterocycles. The van der Waals surface area contributed by atoms with Crippen molar-refractivity contribution >= 4 is 23.1 Å². The molecule has 1 rings (SSSR count). The van der Waals surface area contributed by atoms with Gasteiger partial charge in [-0.1, -0.05) is 6.07 Å². The van der Waals surface area contributed by atoms with Gasteiger partial charge in [-0.25, -0.2) is 4.39 Å². The van der Waals surface area contributed by atoms with Crippen molar-refractivity contribution < 1.29 is 9.18 Å². The smallest absolute Gasteiger partial charge is 0.180 e. The fraction of sp³-hybridized carbons (Fsp3) is 0.222. The van der Waals surface area contributed by atoms with Crippen LogP contribution < -0.4 is 5.73 Å². The van der Waals surface area contributed by atoms with Crippen molar-refractivity contribution in [2.24, 2.45) is 0 Å². The summed E-state index contributed by atoms with van der Waals surface area (Å²) in [7, 11) is 0. The van der Waals surface area contributed by atoms with E-state index >= 15 is 0 Å². The lowest BCUT2D eigenvalue weighted by molar-refractivity contribution is 0.101. The van der Waals surface area contributed by atoms with Crippen LogP contribution in [0.5, 0.6) is 0 Å². The lowest BCUT2D eigenvalue weighted by Crippen LogP contribution is -2.08. The van der Waals surface area contributed by atoms with Crippen LogP contribution in [0.3, 0.4) is 0 Å². The summed E-state index contributed by atoms with van der Waals surface area (Å²) in [4.78, 5) is 11.2. The van der Waals surface area contributed by atoms with E-state index in [4.69, 9.17) is 17.3 Å². The standard InChI is InChI=1S/C9H9ClFNO/c1-5-2-3-6(12)9(11)8(5)7(13)4-10/h2-3H,4,12H2,1H3. The SMILES string of the molecule is Cc1ccc(N)c(F)c1C(=O)CCl. The molecule has 0 aromatic heterocycles. The number of nitrogen functional groups attached to an aromatic ring is 1. The van der Waals surface area contributed by atoms with E-state index in [2.05, 4.69) is 0 Å². The molecule has 0 bridgehead atoms. The summed E-state index contributed by atoms with van der Waals surface area (Å²) in [6.07, 6.45) is 0. The molecule has 0 saturated carbocycles. The molecule has 2 nitrogen and oxygen atoms in total. The maximum absolute atomic E-state index is 13.3. The zero-order valence-corrected chi connectivity index (χ0v) is 7.86. The summed E-state index contributed by atoms with van der Waals surface area (Å²) in [6.45, 7) is 1.64. The molecule has 0 aliphatic carbocycles. The Kier molecular flexibility index (Phi) is 2.88. The third-order valence-electron chi connectivity index (χ3n) is 1.78. The largest absolute Gasteiger partial charge is 0.396 e. The Hall–Kier alpha value is -1.09. The van der Waals surface area contributed by atoms with E-state index in [-0.39, 0.29) is 17.1 Å². The average Bonchev–Trinajstić information content (AvgIpc) is 2.12. The van der Waals surface area contributed by atoms with Crippen LogP contribution in [0.2, 0.25) is 0 Å². The molecule has 0 fully saturated rings. The maximum atomic E-state index is 13.3. The molecule has 0 radical (unpaired) electrons. The molecular formula is C9H9ClFNO. The summed E-state index contributed by atoms with van der Waals surface area (Å²) >= 11 is 5.33. The normalized spacial score (nSPS) is 10.1. The van der Waals surface area contributed by atoms with Crippen molar-refractivity contribution in [1.29, 1.82) is 0 Å². The Morgan fingerprint density at radius 2 is 2.23 bits per heavy atom. The first kappa shape index (κ1) is 9.99. The molecule has 0 spiro atoms. The van der Waals surface area contributed by atoms with E-state index in [1.807, 2.05) is 0 Å².